The van der Waals surface area contributed by atoms with Crippen molar-refractivity contribution in [2.75, 3.05) is 0 Å². The van der Waals surface area contributed by atoms with Crippen LogP contribution >= 0.6 is 23.1 Å². The van der Waals surface area contributed by atoms with Gasteiger partial charge in [0.1, 0.15) is 5.82 Å². The second-order valence-electron chi connectivity index (χ2n) is 6.06. The van der Waals surface area contributed by atoms with E-state index in [-0.39, 0.29) is 5.82 Å². The van der Waals surface area contributed by atoms with E-state index < -0.39 is 5.91 Å². The van der Waals surface area contributed by atoms with Crippen molar-refractivity contribution >= 4 is 39.2 Å². The number of halogens is 1. The molecule has 0 aliphatic heterocycles. The standard InChI is InChI=1S/C21H15FN2OS2/c1-12-10-19(27-21-24-17-8-4-5-9-18(17)26-21)16(22)11-15(12)13-6-2-3-7-14(13)20(23)25/h2-11H,1H3,(H2,23,25). The van der Waals surface area contributed by atoms with Gasteiger partial charge in [-0.05, 0) is 53.9 Å². The zero-order chi connectivity index (χ0) is 19.0. The molecule has 4 aromatic rings. The summed E-state index contributed by atoms with van der Waals surface area (Å²) in [5.74, 6) is -0.877. The maximum absolute atomic E-state index is 14.8. The lowest BCUT2D eigenvalue weighted by molar-refractivity contribution is 0.100. The number of hydrogen-bond donors (Lipinski definition) is 1. The van der Waals surface area contributed by atoms with E-state index in [9.17, 15) is 9.18 Å². The number of aryl methyl sites for hydroxylation is 1. The fourth-order valence-corrected chi connectivity index (χ4v) is 5.07. The number of aromatic nitrogens is 1. The summed E-state index contributed by atoms with van der Waals surface area (Å²) < 4.78 is 16.7. The van der Waals surface area contributed by atoms with Crippen molar-refractivity contribution in [1.82, 2.24) is 4.98 Å². The lowest BCUT2D eigenvalue weighted by Gasteiger charge is -2.12. The van der Waals surface area contributed by atoms with Gasteiger partial charge in [0.25, 0.3) is 0 Å². The molecule has 0 aliphatic rings. The predicted octanol–water partition coefficient (Wildman–Crippen LogP) is 5.66. The summed E-state index contributed by atoms with van der Waals surface area (Å²) in [6, 6.07) is 18.1. The molecule has 27 heavy (non-hydrogen) atoms. The van der Waals surface area contributed by atoms with Gasteiger partial charge in [0, 0.05) is 5.56 Å². The van der Waals surface area contributed by atoms with Gasteiger partial charge in [-0.15, -0.1) is 11.3 Å². The number of hydrogen-bond acceptors (Lipinski definition) is 4. The van der Waals surface area contributed by atoms with Crippen LogP contribution in [0.3, 0.4) is 0 Å². The van der Waals surface area contributed by atoms with E-state index >= 15 is 0 Å². The van der Waals surface area contributed by atoms with Crippen LogP contribution in [0.1, 0.15) is 15.9 Å². The zero-order valence-electron chi connectivity index (χ0n) is 14.4. The normalized spacial score (nSPS) is 11.0. The molecule has 134 valence electrons. The number of primary amides is 1. The number of benzene rings is 3. The minimum Gasteiger partial charge on any atom is -0.366 e. The molecule has 4 rings (SSSR count). The van der Waals surface area contributed by atoms with Gasteiger partial charge in [-0.1, -0.05) is 42.1 Å². The minimum absolute atomic E-state index is 0.348. The van der Waals surface area contributed by atoms with Crippen LogP contribution in [0.25, 0.3) is 21.3 Å². The molecular formula is C21H15FN2OS2. The first-order chi connectivity index (χ1) is 13.0. The highest BCUT2D eigenvalue weighted by Crippen LogP contribution is 2.38. The maximum atomic E-state index is 14.8. The SMILES string of the molecule is Cc1cc(Sc2nc3ccccc3s2)c(F)cc1-c1ccccc1C(N)=O. The largest absolute Gasteiger partial charge is 0.366 e. The van der Waals surface area contributed by atoms with Gasteiger partial charge in [0.15, 0.2) is 4.34 Å². The average Bonchev–Trinajstić information content (AvgIpc) is 3.06. The molecule has 0 radical (unpaired) electrons. The summed E-state index contributed by atoms with van der Waals surface area (Å²) in [5.41, 5.74) is 8.93. The van der Waals surface area contributed by atoms with Crippen molar-refractivity contribution in [3.8, 4) is 11.1 Å². The van der Waals surface area contributed by atoms with E-state index in [2.05, 4.69) is 4.98 Å². The van der Waals surface area contributed by atoms with Crippen LogP contribution in [0.15, 0.2) is 69.9 Å². The average molecular weight is 394 g/mol. The van der Waals surface area contributed by atoms with Crippen molar-refractivity contribution in [1.29, 1.82) is 0 Å². The fraction of sp³-hybridized carbons (Fsp3) is 0.0476. The number of nitrogens with two attached hydrogens (primary N) is 1. The van der Waals surface area contributed by atoms with Crippen molar-refractivity contribution in [3.05, 3.63) is 77.6 Å². The van der Waals surface area contributed by atoms with E-state index in [0.29, 0.717) is 21.6 Å². The number of rotatable bonds is 4. The number of thiazole rings is 1. The Hall–Kier alpha value is -2.70. The van der Waals surface area contributed by atoms with Crippen LogP contribution < -0.4 is 5.73 Å². The Morgan fingerprint density at radius 3 is 2.59 bits per heavy atom. The van der Waals surface area contributed by atoms with Crippen molar-refractivity contribution in [2.45, 2.75) is 16.2 Å². The van der Waals surface area contributed by atoms with Crippen LogP contribution in [0, 0.1) is 12.7 Å². The third kappa shape index (κ3) is 3.46. The van der Waals surface area contributed by atoms with E-state index in [1.165, 1.54) is 29.2 Å². The summed E-state index contributed by atoms with van der Waals surface area (Å²) in [4.78, 5) is 16.8. The van der Waals surface area contributed by atoms with Gasteiger partial charge in [0.2, 0.25) is 5.91 Å². The monoisotopic (exact) mass is 394 g/mol. The number of carbonyl (C=O) groups is 1. The van der Waals surface area contributed by atoms with E-state index in [0.717, 1.165) is 20.1 Å². The molecule has 0 fully saturated rings. The third-order valence-electron chi connectivity index (χ3n) is 4.23. The molecular weight excluding hydrogens is 379 g/mol. The number of amides is 1. The number of fused-ring (bicyclic) bond motifs is 1. The Labute approximate surface area is 164 Å². The Morgan fingerprint density at radius 1 is 1.07 bits per heavy atom. The van der Waals surface area contributed by atoms with Crippen LogP contribution in [-0.4, -0.2) is 10.9 Å². The molecule has 2 N–H and O–H groups in total. The molecule has 0 bridgehead atoms. The second-order valence-corrected chi connectivity index (χ2v) is 8.38. The molecule has 6 heteroatoms. The van der Waals surface area contributed by atoms with Crippen LogP contribution in [0.2, 0.25) is 0 Å². The van der Waals surface area contributed by atoms with E-state index in [1.807, 2.05) is 37.3 Å². The van der Waals surface area contributed by atoms with Gasteiger partial charge in [0.05, 0.1) is 15.1 Å². The molecule has 3 aromatic carbocycles. The van der Waals surface area contributed by atoms with Crippen molar-refractivity contribution in [3.63, 3.8) is 0 Å². The summed E-state index contributed by atoms with van der Waals surface area (Å²) in [5, 5.41) is 0. The number of nitrogens with zero attached hydrogens (tertiary/aromatic N) is 1. The Morgan fingerprint density at radius 2 is 1.81 bits per heavy atom. The van der Waals surface area contributed by atoms with Crippen LogP contribution in [-0.2, 0) is 0 Å². The highest BCUT2D eigenvalue weighted by Gasteiger charge is 2.16. The lowest BCUT2D eigenvalue weighted by Crippen LogP contribution is -2.12. The quantitative estimate of drug-likeness (QED) is 0.486. The molecule has 0 aliphatic carbocycles. The molecule has 3 nitrogen and oxygen atoms in total. The molecule has 0 unspecified atom stereocenters. The van der Waals surface area contributed by atoms with Gasteiger partial charge >= 0.3 is 0 Å². The molecule has 1 amide bonds. The van der Waals surface area contributed by atoms with Crippen molar-refractivity contribution in [2.24, 2.45) is 5.73 Å². The predicted molar refractivity (Wildman–Crippen MR) is 109 cm³/mol. The van der Waals surface area contributed by atoms with Gasteiger partial charge in [-0.2, -0.15) is 0 Å². The topological polar surface area (TPSA) is 56.0 Å². The fourth-order valence-electron chi connectivity index (χ4n) is 2.95. The second kappa shape index (κ2) is 7.13. The van der Waals surface area contributed by atoms with Gasteiger partial charge < -0.3 is 5.73 Å². The van der Waals surface area contributed by atoms with E-state index in [4.69, 9.17) is 5.73 Å². The number of carbonyl (C=O) groups excluding carboxylic acids is 1. The molecule has 0 saturated carbocycles. The van der Waals surface area contributed by atoms with Crippen molar-refractivity contribution < 1.29 is 9.18 Å². The summed E-state index contributed by atoms with van der Waals surface area (Å²) in [7, 11) is 0. The first kappa shape index (κ1) is 17.7. The first-order valence-corrected chi connectivity index (χ1v) is 9.89. The highest BCUT2D eigenvalue weighted by atomic mass is 32.2. The molecule has 1 heterocycles. The Bertz CT molecular complexity index is 1140. The lowest BCUT2D eigenvalue weighted by atomic mass is 9.95. The van der Waals surface area contributed by atoms with Crippen LogP contribution in [0.5, 0.6) is 0 Å². The van der Waals surface area contributed by atoms with Crippen LogP contribution in [0.4, 0.5) is 4.39 Å². The molecule has 0 spiro atoms. The number of para-hydroxylation sites is 1. The Balaban J connectivity index is 1.73. The molecule has 0 atom stereocenters. The maximum Gasteiger partial charge on any atom is 0.249 e. The van der Waals surface area contributed by atoms with E-state index in [1.54, 1.807) is 24.3 Å². The van der Waals surface area contributed by atoms with Gasteiger partial charge in [-0.3, -0.25) is 4.79 Å². The minimum atomic E-state index is -0.529. The third-order valence-corrected chi connectivity index (χ3v) is 6.36. The summed E-state index contributed by atoms with van der Waals surface area (Å²) in [6.45, 7) is 1.90. The molecule has 1 aromatic heterocycles. The highest BCUT2D eigenvalue weighted by molar-refractivity contribution is 8.01. The smallest absolute Gasteiger partial charge is 0.249 e. The zero-order valence-corrected chi connectivity index (χ0v) is 16.0. The summed E-state index contributed by atoms with van der Waals surface area (Å²) in [6.07, 6.45) is 0. The van der Waals surface area contributed by atoms with Gasteiger partial charge in [-0.25, -0.2) is 9.37 Å². The summed E-state index contributed by atoms with van der Waals surface area (Å²) >= 11 is 2.85. The first-order valence-electron chi connectivity index (χ1n) is 8.25. The Kier molecular flexibility index (Phi) is 4.68. The molecule has 0 saturated heterocycles.